The number of carbonyl (C=O) groups is 2. The minimum absolute atomic E-state index is 0.127. The lowest BCUT2D eigenvalue weighted by molar-refractivity contribution is -0.134. The fourth-order valence-electron chi connectivity index (χ4n) is 2.10. The Hall–Kier alpha value is -1.15. The minimum atomic E-state index is -1.40. The molecule has 7 nitrogen and oxygen atoms in total. The maximum atomic E-state index is 12.7. The van der Waals surface area contributed by atoms with Crippen LogP contribution in [0.5, 0.6) is 0 Å². The Morgan fingerprint density at radius 3 is 2.15 bits per heavy atom. The third kappa shape index (κ3) is 8.49. The zero-order valence-electron chi connectivity index (χ0n) is 17.0. The molecule has 0 radical (unpaired) electrons. The zero-order valence-corrected chi connectivity index (χ0v) is 17.8. The van der Waals surface area contributed by atoms with E-state index in [0.717, 1.165) is 19.3 Å². The van der Waals surface area contributed by atoms with Crippen molar-refractivity contribution in [2.45, 2.75) is 103 Å². The van der Waals surface area contributed by atoms with E-state index >= 15 is 0 Å². The summed E-state index contributed by atoms with van der Waals surface area (Å²) in [6.07, 6.45) is 1.11. The molecule has 26 heavy (non-hydrogen) atoms. The van der Waals surface area contributed by atoms with Gasteiger partial charge in [0.05, 0.1) is 21.8 Å². The third-order valence-corrected chi connectivity index (χ3v) is 5.20. The lowest BCUT2D eigenvalue weighted by Crippen LogP contribution is -2.54. The van der Waals surface area contributed by atoms with Gasteiger partial charge in [-0.25, -0.2) is 13.7 Å². The number of hydrogen-bond donors (Lipinski definition) is 2. The van der Waals surface area contributed by atoms with Crippen LogP contribution >= 0.6 is 0 Å². The van der Waals surface area contributed by atoms with Crippen LogP contribution in [0.15, 0.2) is 0 Å². The summed E-state index contributed by atoms with van der Waals surface area (Å²) in [6.45, 7) is 12.7. The van der Waals surface area contributed by atoms with Crippen LogP contribution in [0.25, 0.3) is 0 Å². The topological polar surface area (TPSA) is 93.7 Å². The minimum Gasteiger partial charge on any atom is -0.429 e. The molecule has 0 aliphatic heterocycles. The van der Waals surface area contributed by atoms with Crippen molar-refractivity contribution in [1.82, 2.24) is 10.0 Å². The van der Waals surface area contributed by atoms with E-state index in [1.54, 1.807) is 20.8 Å². The van der Waals surface area contributed by atoms with Crippen molar-refractivity contribution in [1.29, 1.82) is 0 Å². The summed E-state index contributed by atoms with van der Waals surface area (Å²) in [5.74, 6) is -0.379. The van der Waals surface area contributed by atoms with Crippen LogP contribution in [0.4, 0.5) is 4.79 Å². The van der Waals surface area contributed by atoms with Gasteiger partial charge in [-0.1, -0.05) is 13.3 Å². The van der Waals surface area contributed by atoms with Gasteiger partial charge in [-0.3, -0.25) is 4.79 Å². The summed E-state index contributed by atoms with van der Waals surface area (Å²) >= 11 is 0. The van der Waals surface area contributed by atoms with Crippen LogP contribution in [0.2, 0.25) is 0 Å². The molecule has 3 atom stereocenters. The second-order valence-electron chi connectivity index (χ2n) is 8.68. The van der Waals surface area contributed by atoms with Crippen molar-refractivity contribution in [3.05, 3.63) is 0 Å². The maximum absolute atomic E-state index is 12.7. The molecule has 0 aromatic heterocycles. The molecule has 0 aromatic carbocycles. The van der Waals surface area contributed by atoms with Gasteiger partial charge in [0.25, 0.3) is 5.91 Å². The molecule has 1 saturated carbocycles. The lowest BCUT2D eigenvalue weighted by Gasteiger charge is -2.30. The van der Waals surface area contributed by atoms with E-state index in [9.17, 15) is 13.8 Å². The fraction of sp³-hybridized carbons (Fsp3) is 0.889. The summed E-state index contributed by atoms with van der Waals surface area (Å²) in [4.78, 5) is 24.8. The summed E-state index contributed by atoms with van der Waals surface area (Å²) < 4.78 is 25.6. The molecule has 8 heteroatoms. The van der Waals surface area contributed by atoms with Crippen molar-refractivity contribution in [2.75, 3.05) is 0 Å². The highest BCUT2D eigenvalue weighted by molar-refractivity contribution is 7.84. The normalized spacial score (nSPS) is 18.6. The van der Waals surface area contributed by atoms with Crippen LogP contribution in [0.1, 0.15) is 74.1 Å². The SMILES string of the molecule is CCC[C@H](N[S@](=O)C(C)(C)C)[C@@H](OC(=O)OC(C)(C)C)C(=O)NC1CC1. The van der Waals surface area contributed by atoms with Crippen molar-refractivity contribution in [3.63, 3.8) is 0 Å². The second-order valence-corrected chi connectivity index (χ2v) is 10.7. The molecular formula is C18H34N2O5S. The van der Waals surface area contributed by atoms with Gasteiger partial charge in [-0.05, 0) is 60.8 Å². The lowest BCUT2D eigenvalue weighted by atomic mass is 10.1. The monoisotopic (exact) mass is 390 g/mol. The Morgan fingerprint density at radius 2 is 1.73 bits per heavy atom. The number of carbonyl (C=O) groups excluding carboxylic acids is 2. The predicted molar refractivity (Wildman–Crippen MR) is 102 cm³/mol. The average Bonchev–Trinajstić information content (AvgIpc) is 3.25. The maximum Gasteiger partial charge on any atom is 0.509 e. The molecule has 0 heterocycles. The van der Waals surface area contributed by atoms with E-state index in [0.29, 0.717) is 6.42 Å². The van der Waals surface area contributed by atoms with Crippen LogP contribution < -0.4 is 10.0 Å². The van der Waals surface area contributed by atoms with Gasteiger partial charge in [0.15, 0.2) is 6.10 Å². The molecule has 1 aliphatic rings. The summed E-state index contributed by atoms with van der Waals surface area (Å²) in [7, 11) is -1.40. The van der Waals surface area contributed by atoms with Crippen LogP contribution in [0, 0.1) is 0 Å². The molecule has 0 spiro atoms. The average molecular weight is 391 g/mol. The summed E-state index contributed by atoms with van der Waals surface area (Å²) in [5, 5.41) is 2.86. The number of ether oxygens (including phenoxy) is 2. The molecule has 1 fully saturated rings. The summed E-state index contributed by atoms with van der Waals surface area (Å²) in [6, 6.07) is -0.436. The number of hydrogen-bond acceptors (Lipinski definition) is 5. The zero-order chi connectivity index (χ0) is 20.1. The highest BCUT2D eigenvalue weighted by atomic mass is 32.2. The second kappa shape index (κ2) is 9.17. The molecule has 1 aliphatic carbocycles. The molecule has 0 aromatic rings. The molecule has 152 valence electrons. The molecule has 1 amide bonds. The quantitative estimate of drug-likeness (QED) is 0.622. The van der Waals surface area contributed by atoms with Crippen molar-refractivity contribution < 1.29 is 23.3 Å². The van der Waals surface area contributed by atoms with E-state index in [1.807, 2.05) is 27.7 Å². The largest absolute Gasteiger partial charge is 0.509 e. The first-order valence-corrected chi connectivity index (χ1v) is 10.4. The van der Waals surface area contributed by atoms with Crippen molar-refractivity contribution >= 4 is 23.0 Å². The number of amides is 1. The number of nitrogens with one attached hydrogen (secondary N) is 2. The molecule has 1 rings (SSSR count). The fourth-order valence-corrected chi connectivity index (χ4v) is 2.97. The van der Waals surface area contributed by atoms with E-state index < -0.39 is 39.6 Å². The Kier molecular flexibility index (Phi) is 8.07. The standard InChI is InChI=1S/C18H34N2O5S/c1-8-9-13(20-26(23)18(5,6)7)14(15(21)19-12-10-11-12)24-16(22)25-17(2,3)4/h12-14,20H,8-11H2,1-7H3,(H,19,21)/t13-,14+,26+/m0/s1. The first kappa shape index (κ1) is 22.9. The third-order valence-electron chi connectivity index (χ3n) is 3.57. The van der Waals surface area contributed by atoms with E-state index in [4.69, 9.17) is 9.47 Å². The smallest absolute Gasteiger partial charge is 0.429 e. The predicted octanol–water partition coefficient (Wildman–Crippen LogP) is 2.81. The Balaban J connectivity index is 2.94. The van der Waals surface area contributed by atoms with E-state index in [-0.39, 0.29) is 11.9 Å². The highest BCUT2D eigenvalue weighted by Gasteiger charge is 2.38. The molecule has 0 bridgehead atoms. The van der Waals surface area contributed by atoms with Crippen LogP contribution in [0.3, 0.4) is 0 Å². The molecule has 2 N–H and O–H groups in total. The van der Waals surface area contributed by atoms with Gasteiger partial charge in [0.1, 0.15) is 5.60 Å². The number of rotatable bonds is 8. The van der Waals surface area contributed by atoms with Crippen molar-refractivity contribution in [2.24, 2.45) is 0 Å². The van der Waals surface area contributed by atoms with Gasteiger partial charge < -0.3 is 14.8 Å². The van der Waals surface area contributed by atoms with Gasteiger partial charge >= 0.3 is 6.16 Å². The first-order chi connectivity index (χ1) is 11.8. The Bertz CT molecular complexity index is 521. The van der Waals surface area contributed by atoms with Gasteiger partial charge in [-0.15, -0.1) is 0 Å². The summed E-state index contributed by atoms with van der Waals surface area (Å²) in [5.41, 5.74) is -0.726. The van der Waals surface area contributed by atoms with Crippen LogP contribution in [-0.4, -0.2) is 44.8 Å². The van der Waals surface area contributed by atoms with Gasteiger partial charge in [0.2, 0.25) is 0 Å². The Morgan fingerprint density at radius 1 is 1.15 bits per heavy atom. The van der Waals surface area contributed by atoms with Crippen molar-refractivity contribution in [3.8, 4) is 0 Å². The van der Waals surface area contributed by atoms with Crippen LogP contribution in [-0.2, 0) is 25.3 Å². The molecule has 0 saturated heterocycles. The van der Waals surface area contributed by atoms with E-state index in [1.165, 1.54) is 0 Å². The Labute approximate surface area is 159 Å². The molecule has 0 unspecified atom stereocenters. The highest BCUT2D eigenvalue weighted by Crippen LogP contribution is 2.21. The van der Waals surface area contributed by atoms with Gasteiger partial charge in [0, 0.05) is 6.04 Å². The first-order valence-electron chi connectivity index (χ1n) is 9.21. The van der Waals surface area contributed by atoms with E-state index in [2.05, 4.69) is 10.0 Å². The molecular weight excluding hydrogens is 356 g/mol. The van der Waals surface area contributed by atoms with Gasteiger partial charge in [-0.2, -0.15) is 0 Å².